The van der Waals surface area contributed by atoms with Crippen LogP contribution in [0.4, 0.5) is 0 Å². The molecule has 3 atom stereocenters. The smallest absolute Gasteiger partial charge is 0.0679 e. The van der Waals surface area contributed by atoms with Crippen molar-refractivity contribution in [2.45, 2.75) is 31.9 Å². The molecule has 2 aliphatic rings. The van der Waals surface area contributed by atoms with Gasteiger partial charge in [0.25, 0.3) is 0 Å². The molecule has 2 nitrogen and oxygen atoms in total. The number of halogens is 1. The normalized spacial score (nSPS) is 42.6. The van der Waals surface area contributed by atoms with Gasteiger partial charge >= 0.3 is 0 Å². The van der Waals surface area contributed by atoms with E-state index in [0.29, 0.717) is 6.04 Å². The van der Waals surface area contributed by atoms with Crippen molar-refractivity contribution >= 4 is 15.9 Å². The van der Waals surface area contributed by atoms with Crippen molar-refractivity contribution in [3.05, 3.63) is 22.7 Å². The van der Waals surface area contributed by atoms with E-state index in [9.17, 15) is 5.11 Å². The van der Waals surface area contributed by atoms with Gasteiger partial charge in [0.2, 0.25) is 0 Å². The summed E-state index contributed by atoms with van der Waals surface area (Å²) >= 11 is 3.51. The van der Waals surface area contributed by atoms with Gasteiger partial charge < -0.3 is 10.4 Å². The average molecular weight is 258 g/mol. The average Bonchev–Trinajstić information content (AvgIpc) is 2.52. The molecule has 1 aliphatic carbocycles. The maximum atomic E-state index is 9.50. The first kappa shape index (κ1) is 10.4. The summed E-state index contributed by atoms with van der Waals surface area (Å²) in [6.45, 7) is 2.98. The van der Waals surface area contributed by atoms with Gasteiger partial charge in [-0.05, 0) is 12.8 Å². The molecule has 0 radical (unpaired) electrons. The van der Waals surface area contributed by atoms with Gasteiger partial charge in [-0.15, -0.1) is 0 Å². The Morgan fingerprint density at radius 2 is 2.43 bits per heavy atom. The monoisotopic (exact) mass is 257 g/mol. The fraction of sp³-hybridized carbons (Fsp3) is 0.636. The number of hydrogen-bond donors (Lipinski definition) is 2. The lowest BCUT2D eigenvalue weighted by molar-refractivity contribution is 0.184. The fourth-order valence-corrected chi connectivity index (χ4v) is 3.02. The molecule has 1 aliphatic heterocycles. The van der Waals surface area contributed by atoms with E-state index in [0.717, 1.165) is 23.9 Å². The predicted octanol–water partition coefficient (Wildman–Crippen LogP) is 1.95. The lowest BCUT2D eigenvalue weighted by Gasteiger charge is -2.34. The Labute approximate surface area is 93.2 Å². The van der Waals surface area contributed by atoms with Gasteiger partial charge in [0.05, 0.1) is 6.10 Å². The van der Waals surface area contributed by atoms with Crippen LogP contribution < -0.4 is 5.32 Å². The maximum absolute atomic E-state index is 9.50. The second-order valence-corrected chi connectivity index (χ2v) is 5.41. The molecule has 1 saturated heterocycles. The van der Waals surface area contributed by atoms with Crippen LogP contribution in [0.3, 0.4) is 0 Å². The third-order valence-corrected chi connectivity index (χ3v) is 3.70. The summed E-state index contributed by atoms with van der Waals surface area (Å²) < 4.78 is 1.15. The molecule has 0 aromatic rings. The summed E-state index contributed by atoms with van der Waals surface area (Å²) in [4.78, 5) is 0. The SMILES string of the molecule is CC1([C@@H]2C[C@@H](O)CN2)C=C(Br)C=CC1. The minimum absolute atomic E-state index is 0.144. The van der Waals surface area contributed by atoms with Crippen LogP contribution in [-0.2, 0) is 0 Å². The Balaban J connectivity index is 2.13. The molecule has 0 aromatic carbocycles. The number of aliphatic hydroxyl groups excluding tert-OH is 1. The molecule has 14 heavy (non-hydrogen) atoms. The molecular weight excluding hydrogens is 242 g/mol. The topological polar surface area (TPSA) is 32.3 Å². The summed E-state index contributed by atoms with van der Waals surface area (Å²) in [5.74, 6) is 0. The van der Waals surface area contributed by atoms with E-state index in [1.807, 2.05) is 0 Å². The van der Waals surface area contributed by atoms with Crippen molar-refractivity contribution in [2.24, 2.45) is 5.41 Å². The highest BCUT2D eigenvalue weighted by atomic mass is 79.9. The molecule has 0 bridgehead atoms. The molecule has 0 aromatic heterocycles. The standard InChI is InChI=1S/C11H16BrNO/c1-11(4-2-3-8(12)6-11)10-5-9(14)7-13-10/h2-3,6,9-10,13-14H,4-5,7H2,1H3/t9-,10+,11?/m1/s1. The van der Waals surface area contributed by atoms with E-state index in [-0.39, 0.29) is 11.5 Å². The second-order valence-electron chi connectivity index (χ2n) is 4.49. The molecule has 1 unspecified atom stereocenters. The van der Waals surface area contributed by atoms with Crippen LogP contribution in [0, 0.1) is 5.41 Å². The van der Waals surface area contributed by atoms with Crippen LogP contribution in [0.1, 0.15) is 19.8 Å². The van der Waals surface area contributed by atoms with Crippen LogP contribution in [-0.4, -0.2) is 23.8 Å². The second kappa shape index (κ2) is 3.80. The molecular formula is C11H16BrNO. The zero-order valence-electron chi connectivity index (χ0n) is 8.33. The van der Waals surface area contributed by atoms with Gasteiger partial charge in [0.1, 0.15) is 0 Å². The van der Waals surface area contributed by atoms with Crippen LogP contribution in [0.5, 0.6) is 0 Å². The zero-order valence-corrected chi connectivity index (χ0v) is 9.92. The Bertz CT molecular complexity index is 287. The van der Waals surface area contributed by atoms with Crippen LogP contribution in [0.15, 0.2) is 22.7 Å². The van der Waals surface area contributed by atoms with Crippen molar-refractivity contribution < 1.29 is 5.11 Å². The molecule has 2 rings (SSSR count). The molecule has 0 spiro atoms. The first-order valence-corrected chi connectivity index (χ1v) is 5.86. The summed E-state index contributed by atoms with van der Waals surface area (Å²) in [5, 5.41) is 12.9. The van der Waals surface area contributed by atoms with Crippen LogP contribution >= 0.6 is 15.9 Å². The van der Waals surface area contributed by atoms with E-state index in [2.05, 4.69) is 46.4 Å². The van der Waals surface area contributed by atoms with E-state index in [1.54, 1.807) is 0 Å². The minimum atomic E-state index is -0.171. The van der Waals surface area contributed by atoms with E-state index in [1.165, 1.54) is 0 Å². The number of aliphatic hydroxyl groups is 1. The minimum Gasteiger partial charge on any atom is -0.392 e. The summed E-state index contributed by atoms with van der Waals surface area (Å²) in [6.07, 6.45) is 8.27. The van der Waals surface area contributed by atoms with Crippen LogP contribution in [0.25, 0.3) is 0 Å². The molecule has 1 fully saturated rings. The molecule has 0 amide bonds. The number of rotatable bonds is 1. The largest absolute Gasteiger partial charge is 0.392 e. The Morgan fingerprint density at radius 3 is 3.00 bits per heavy atom. The van der Waals surface area contributed by atoms with E-state index < -0.39 is 0 Å². The fourth-order valence-electron chi connectivity index (χ4n) is 2.31. The van der Waals surface area contributed by atoms with Gasteiger partial charge in [-0.3, -0.25) is 0 Å². The van der Waals surface area contributed by atoms with Gasteiger partial charge in [-0.1, -0.05) is 41.1 Å². The quantitative estimate of drug-likeness (QED) is 0.753. The van der Waals surface area contributed by atoms with Gasteiger partial charge in [-0.2, -0.15) is 0 Å². The van der Waals surface area contributed by atoms with Crippen molar-refractivity contribution in [1.82, 2.24) is 5.32 Å². The predicted molar refractivity (Wildman–Crippen MR) is 61.3 cm³/mol. The van der Waals surface area contributed by atoms with Crippen molar-refractivity contribution in [3.8, 4) is 0 Å². The zero-order chi connectivity index (χ0) is 10.2. The van der Waals surface area contributed by atoms with E-state index >= 15 is 0 Å². The van der Waals surface area contributed by atoms with Crippen LogP contribution in [0.2, 0.25) is 0 Å². The Morgan fingerprint density at radius 1 is 1.64 bits per heavy atom. The van der Waals surface area contributed by atoms with Gasteiger partial charge in [0.15, 0.2) is 0 Å². The highest BCUT2D eigenvalue weighted by molar-refractivity contribution is 9.11. The first-order valence-electron chi connectivity index (χ1n) is 5.06. The number of allylic oxidation sites excluding steroid dienone is 3. The molecule has 1 heterocycles. The maximum Gasteiger partial charge on any atom is 0.0679 e. The summed E-state index contributed by atoms with van der Waals surface area (Å²) in [5.41, 5.74) is 0.144. The Kier molecular flexibility index (Phi) is 2.82. The Hall–Kier alpha value is -0.120. The number of hydrogen-bond acceptors (Lipinski definition) is 2. The lowest BCUT2D eigenvalue weighted by atomic mass is 9.76. The van der Waals surface area contributed by atoms with Gasteiger partial charge in [0, 0.05) is 22.5 Å². The molecule has 78 valence electrons. The number of nitrogens with one attached hydrogen (secondary N) is 1. The third kappa shape index (κ3) is 1.95. The van der Waals surface area contributed by atoms with Crippen molar-refractivity contribution in [3.63, 3.8) is 0 Å². The summed E-state index contributed by atoms with van der Waals surface area (Å²) in [6, 6.07) is 0.398. The molecule has 3 heteroatoms. The van der Waals surface area contributed by atoms with Crippen molar-refractivity contribution in [2.75, 3.05) is 6.54 Å². The van der Waals surface area contributed by atoms with Crippen molar-refractivity contribution in [1.29, 1.82) is 0 Å². The lowest BCUT2D eigenvalue weighted by Crippen LogP contribution is -2.38. The first-order chi connectivity index (χ1) is 6.60. The number of β-amino-alcohol motifs (C(OH)–C–C–N with tert-alkyl or cyclic N) is 1. The highest BCUT2D eigenvalue weighted by Gasteiger charge is 2.37. The van der Waals surface area contributed by atoms with E-state index in [4.69, 9.17) is 0 Å². The molecule has 2 N–H and O–H groups in total. The summed E-state index contributed by atoms with van der Waals surface area (Å²) in [7, 11) is 0. The highest BCUT2D eigenvalue weighted by Crippen LogP contribution is 2.38. The van der Waals surface area contributed by atoms with Gasteiger partial charge in [-0.25, -0.2) is 0 Å². The third-order valence-electron chi connectivity index (χ3n) is 3.21. The molecule has 0 saturated carbocycles.